The largest absolute Gasteiger partial charge is 0.357 e. The third-order valence-electron chi connectivity index (χ3n) is 5.16. The highest BCUT2D eigenvalue weighted by atomic mass is 127. The lowest BCUT2D eigenvalue weighted by molar-refractivity contribution is 0.299. The van der Waals surface area contributed by atoms with Crippen LogP contribution in [0.15, 0.2) is 17.6 Å². The maximum Gasteiger partial charge on any atom is 0.193 e. The molecule has 0 bridgehead atoms. The van der Waals surface area contributed by atoms with Crippen molar-refractivity contribution < 1.29 is 0 Å². The summed E-state index contributed by atoms with van der Waals surface area (Å²) in [5, 5.41) is 11.1. The van der Waals surface area contributed by atoms with Crippen molar-refractivity contribution in [2.75, 3.05) is 26.2 Å². The first-order valence-electron chi connectivity index (χ1n) is 9.22. The lowest BCUT2D eigenvalue weighted by Crippen LogP contribution is -2.40. The summed E-state index contributed by atoms with van der Waals surface area (Å²) in [6.45, 7) is 7.40. The topological polar surface area (TPSA) is 58.3 Å². The average molecular weight is 446 g/mol. The Balaban J connectivity index is 0.00000208. The molecule has 136 valence electrons. The number of aliphatic imine (C=N–C) groups is 1. The summed E-state index contributed by atoms with van der Waals surface area (Å²) in [5.41, 5.74) is 0. The molecule has 2 unspecified atom stereocenters. The van der Waals surface area contributed by atoms with Crippen LogP contribution in [0.3, 0.4) is 0 Å². The fourth-order valence-electron chi connectivity index (χ4n) is 3.93. The molecule has 3 rings (SSSR count). The van der Waals surface area contributed by atoms with E-state index in [2.05, 4.69) is 27.3 Å². The first-order chi connectivity index (χ1) is 11.4. The molecular weight excluding hydrogens is 415 g/mol. The Morgan fingerprint density at radius 2 is 1.79 bits per heavy atom. The molecule has 2 heterocycles. The SMILES string of the molecule is CCNC(=NCCCCn1cnnc1)N1CC2CCCCC2C1.I. The molecule has 2 atom stereocenters. The quantitative estimate of drug-likeness (QED) is 0.316. The summed E-state index contributed by atoms with van der Waals surface area (Å²) in [5.74, 6) is 2.94. The Morgan fingerprint density at radius 3 is 2.42 bits per heavy atom. The third kappa shape index (κ3) is 5.32. The minimum Gasteiger partial charge on any atom is -0.357 e. The highest BCUT2D eigenvalue weighted by Gasteiger charge is 2.35. The van der Waals surface area contributed by atoms with Crippen molar-refractivity contribution in [2.24, 2.45) is 16.8 Å². The highest BCUT2D eigenvalue weighted by Crippen LogP contribution is 2.35. The van der Waals surface area contributed by atoms with E-state index in [1.807, 2.05) is 4.57 Å². The van der Waals surface area contributed by atoms with Crippen LogP contribution in [0.25, 0.3) is 0 Å². The summed E-state index contributed by atoms with van der Waals surface area (Å²) in [6.07, 6.45) is 11.5. The number of aryl methyl sites for hydroxylation is 1. The number of fused-ring (bicyclic) bond motifs is 1. The van der Waals surface area contributed by atoms with Gasteiger partial charge in [0.15, 0.2) is 5.96 Å². The van der Waals surface area contributed by atoms with Crippen molar-refractivity contribution in [3.63, 3.8) is 0 Å². The molecule has 1 aromatic rings. The summed E-state index contributed by atoms with van der Waals surface area (Å²) in [4.78, 5) is 7.37. The first kappa shape index (κ1) is 19.5. The van der Waals surface area contributed by atoms with Crippen molar-refractivity contribution in [3.05, 3.63) is 12.7 Å². The fraction of sp³-hybridized carbons (Fsp3) is 0.824. The number of nitrogens with one attached hydrogen (secondary N) is 1. The van der Waals surface area contributed by atoms with Gasteiger partial charge in [0, 0.05) is 32.7 Å². The fourth-order valence-corrected chi connectivity index (χ4v) is 3.93. The van der Waals surface area contributed by atoms with Crippen molar-refractivity contribution in [3.8, 4) is 0 Å². The summed E-state index contributed by atoms with van der Waals surface area (Å²) < 4.78 is 2.03. The number of aromatic nitrogens is 3. The monoisotopic (exact) mass is 446 g/mol. The molecule has 1 saturated heterocycles. The van der Waals surface area contributed by atoms with Gasteiger partial charge in [0.05, 0.1) is 0 Å². The molecule has 1 saturated carbocycles. The zero-order valence-electron chi connectivity index (χ0n) is 14.7. The summed E-state index contributed by atoms with van der Waals surface area (Å²) in [7, 11) is 0. The van der Waals surface area contributed by atoms with Crippen molar-refractivity contribution in [1.29, 1.82) is 0 Å². The zero-order chi connectivity index (χ0) is 15.9. The van der Waals surface area contributed by atoms with Crippen LogP contribution in [-0.4, -0.2) is 51.8 Å². The second-order valence-corrected chi connectivity index (χ2v) is 6.85. The summed E-state index contributed by atoms with van der Waals surface area (Å²) >= 11 is 0. The number of hydrogen-bond acceptors (Lipinski definition) is 3. The highest BCUT2D eigenvalue weighted by molar-refractivity contribution is 14.0. The van der Waals surface area contributed by atoms with Gasteiger partial charge < -0.3 is 14.8 Å². The number of hydrogen-bond donors (Lipinski definition) is 1. The van der Waals surface area contributed by atoms with Gasteiger partial charge in [-0.25, -0.2) is 0 Å². The van der Waals surface area contributed by atoms with E-state index in [1.165, 1.54) is 38.8 Å². The van der Waals surface area contributed by atoms with Crippen LogP contribution in [0.5, 0.6) is 0 Å². The van der Waals surface area contributed by atoms with Gasteiger partial charge in [0.1, 0.15) is 12.7 Å². The van der Waals surface area contributed by atoms with Gasteiger partial charge in [0.25, 0.3) is 0 Å². The Kier molecular flexibility index (Phi) is 8.28. The molecular formula is C17H31IN6. The lowest BCUT2D eigenvalue weighted by Gasteiger charge is -2.22. The maximum atomic E-state index is 4.86. The second kappa shape index (κ2) is 10.2. The third-order valence-corrected chi connectivity index (χ3v) is 5.16. The standard InChI is InChI=1S/C17H30N6.HI/c1-2-18-17(19-9-5-6-10-22-13-20-21-14-22)23-11-15-7-3-4-8-16(15)12-23;/h13-16H,2-12H2,1H3,(H,18,19);1H. The first-order valence-corrected chi connectivity index (χ1v) is 9.22. The number of likely N-dealkylation sites (tertiary alicyclic amines) is 1. The van der Waals surface area contributed by atoms with E-state index in [0.29, 0.717) is 0 Å². The van der Waals surface area contributed by atoms with Gasteiger partial charge in [-0.1, -0.05) is 12.8 Å². The molecule has 7 heteroatoms. The molecule has 0 amide bonds. The molecule has 2 fully saturated rings. The predicted octanol–water partition coefficient (Wildman–Crippen LogP) is 2.76. The van der Waals surface area contributed by atoms with E-state index >= 15 is 0 Å². The van der Waals surface area contributed by atoms with E-state index in [9.17, 15) is 0 Å². The number of nitrogens with zero attached hydrogens (tertiary/aromatic N) is 5. The van der Waals surface area contributed by atoms with Crippen LogP contribution in [-0.2, 0) is 6.54 Å². The second-order valence-electron chi connectivity index (χ2n) is 6.85. The minimum atomic E-state index is 0. The van der Waals surface area contributed by atoms with Crippen molar-refractivity contribution in [1.82, 2.24) is 25.0 Å². The lowest BCUT2D eigenvalue weighted by atomic mass is 9.82. The van der Waals surface area contributed by atoms with E-state index in [1.54, 1.807) is 12.7 Å². The van der Waals surface area contributed by atoms with Crippen molar-refractivity contribution >= 4 is 29.9 Å². The van der Waals surface area contributed by atoms with Gasteiger partial charge >= 0.3 is 0 Å². The molecule has 24 heavy (non-hydrogen) atoms. The minimum absolute atomic E-state index is 0. The van der Waals surface area contributed by atoms with E-state index in [-0.39, 0.29) is 24.0 Å². The Labute approximate surface area is 162 Å². The Morgan fingerprint density at radius 1 is 1.12 bits per heavy atom. The molecule has 6 nitrogen and oxygen atoms in total. The molecule has 1 aliphatic carbocycles. The predicted molar refractivity (Wildman–Crippen MR) is 108 cm³/mol. The maximum absolute atomic E-state index is 4.86. The van der Waals surface area contributed by atoms with Crippen molar-refractivity contribution in [2.45, 2.75) is 52.0 Å². The number of rotatable bonds is 6. The molecule has 0 spiro atoms. The Bertz CT molecular complexity index is 475. The van der Waals surface area contributed by atoms with Crippen LogP contribution in [0.2, 0.25) is 0 Å². The van der Waals surface area contributed by atoms with Gasteiger partial charge in [0.2, 0.25) is 0 Å². The molecule has 1 aromatic heterocycles. The van der Waals surface area contributed by atoms with Crippen LogP contribution < -0.4 is 5.32 Å². The molecule has 2 aliphatic rings. The zero-order valence-corrected chi connectivity index (χ0v) is 17.1. The smallest absolute Gasteiger partial charge is 0.193 e. The molecule has 0 aromatic carbocycles. The van der Waals surface area contributed by atoms with Gasteiger partial charge in [-0.3, -0.25) is 4.99 Å². The number of guanidine groups is 1. The average Bonchev–Trinajstić information content (AvgIpc) is 3.22. The van der Waals surface area contributed by atoms with Crippen LogP contribution in [0.4, 0.5) is 0 Å². The summed E-state index contributed by atoms with van der Waals surface area (Å²) in [6, 6.07) is 0. The van der Waals surface area contributed by atoms with E-state index < -0.39 is 0 Å². The van der Waals surface area contributed by atoms with E-state index in [0.717, 1.165) is 50.3 Å². The van der Waals surface area contributed by atoms with Gasteiger partial charge in [-0.2, -0.15) is 0 Å². The number of halogens is 1. The van der Waals surface area contributed by atoms with Crippen LogP contribution >= 0.6 is 24.0 Å². The molecule has 1 aliphatic heterocycles. The Hall–Kier alpha value is -0.860. The number of unbranched alkanes of at least 4 members (excludes halogenated alkanes) is 1. The van der Waals surface area contributed by atoms with Gasteiger partial charge in [-0.15, -0.1) is 34.2 Å². The molecule has 0 radical (unpaired) electrons. The normalized spacial score (nSPS) is 23.7. The van der Waals surface area contributed by atoms with Crippen LogP contribution in [0.1, 0.15) is 45.4 Å². The van der Waals surface area contributed by atoms with Crippen LogP contribution in [0, 0.1) is 11.8 Å². The van der Waals surface area contributed by atoms with E-state index in [4.69, 9.17) is 4.99 Å². The van der Waals surface area contributed by atoms with Gasteiger partial charge in [-0.05, 0) is 44.4 Å². The molecule has 1 N–H and O–H groups in total.